The van der Waals surface area contributed by atoms with Gasteiger partial charge in [-0.2, -0.15) is 0 Å². The summed E-state index contributed by atoms with van der Waals surface area (Å²) in [7, 11) is 0. The zero-order valence-corrected chi connectivity index (χ0v) is 19.7. The zero-order valence-electron chi connectivity index (χ0n) is 19.0. The van der Waals surface area contributed by atoms with E-state index in [0.717, 1.165) is 61.9 Å². The van der Waals surface area contributed by atoms with Crippen LogP contribution in [0, 0.1) is 16.0 Å². The van der Waals surface area contributed by atoms with Crippen LogP contribution in [0.1, 0.15) is 24.0 Å². The lowest BCUT2D eigenvalue weighted by atomic mass is 9.83. The van der Waals surface area contributed by atoms with Gasteiger partial charge in [-0.3, -0.25) is 19.8 Å². The molecule has 0 saturated carbocycles. The van der Waals surface area contributed by atoms with Crippen LogP contribution in [-0.4, -0.2) is 60.7 Å². The summed E-state index contributed by atoms with van der Waals surface area (Å²) in [6.07, 6.45) is 2.55. The summed E-state index contributed by atoms with van der Waals surface area (Å²) in [4.78, 5) is 29.0. The first-order chi connectivity index (χ1) is 16.5. The molecule has 2 aromatic rings. The molecule has 0 bridgehead atoms. The van der Waals surface area contributed by atoms with Gasteiger partial charge in [0.05, 0.1) is 23.0 Å². The van der Waals surface area contributed by atoms with Crippen LogP contribution >= 0.6 is 11.6 Å². The molecule has 34 heavy (non-hydrogen) atoms. The maximum Gasteiger partial charge on any atom is 0.269 e. The Balaban J connectivity index is 1.37. The van der Waals surface area contributed by atoms with E-state index in [-0.39, 0.29) is 34.6 Å². The van der Waals surface area contributed by atoms with Crippen molar-refractivity contribution in [2.24, 2.45) is 5.92 Å². The Hall–Kier alpha value is -2.68. The van der Waals surface area contributed by atoms with E-state index in [1.165, 1.54) is 5.56 Å². The van der Waals surface area contributed by atoms with Gasteiger partial charge in [0.2, 0.25) is 5.91 Å². The number of non-ortho nitro benzene ring substituents is 1. The number of benzene rings is 2. The van der Waals surface area contributed by atoms with Crippen molar-refractivity contribution in [3.8, 4) is 0 Å². The molecule has 0 aliphatic carbocycles. The van der Waals surface area contributed by atoms with E-state index < -0.39 is 0 Å². The Morgan fingerprint density at radius 1 is 1.21 bits per heavy atom. The Morgan fingerprint density at radius 2 is 2.03 bits per heavy atom. The van der Waals surface area contributed by atoms with Gasteiger partial charge in [0.15, 0.2) is 0 Å². The SMILES string of the molecule is O=C(NC[C@@H]1CCCO1)[C@H]1Cc2cc([N+](=O)[O-])ccc2N2CCN(Cc3ccc(Cl)cc3)C[C@H]12. The maximum absolute atomic E-state index is 13.4. The molecule has 0 unspecified atom stereocenters. The first-order valence-corrected chi connectivity index (χ1v) is 12.3. The standard InChI is InChI=1S/C25H29ClN4O4/c26-19-5-3-17(4-6-19)15-28-9-10-29-23-8-7-20(30(32)33)12-18(23)13-22(24(29)16-28)25(31)27-14-21-2-1-11-34-21/h3-8,12,21-22,24H,1-2,9-11,13-16H2,(H,27,31)/t21-,22-,24+/m0/s1. The predicted molar refractivity (Wildman–Crippen MR) is 130 cm³/mol. The van der Waals surface area contributed by atoms with Gasteiger partial charge in [-0.25, -0.2) is 0 Å². The van der Waals surface area contributed by atoms with Crippen molar-refractivity contribution in [1.82, 2.24) is 10.2 Å². The molecule has 1 N–H and O–H groups in total. The molecule has 1 amide bonds. The number of halogens is 1. The minimum atomic E-state index is -0.372. The first-order valence-electron chi connectivity index (χ1n) is 11.9. The fraction of sp³-hybridized carbons (Fsp3) is 0.480. The van der Waals surface area contributed by atoms with E-state index in [9.17, 15) is 14.9 Å². The van der Waals surface area contributed by atoms with Gasteiger partial charge in [-0.15, -0.1) is 0 Å². The molecule has 2 fully saturated rings. The molecular weight excluding hydrogens is 456 g/mol. The van der Waals surface area contributed by atoms with Crippen LogP contribution in [0.5, 0.6) is 0 Å². The van der Waals surface area contributed by atoms with Crippen LogP contribution in [0.3, 0.4) is 0 Å². The second-order valence-corrected chi connectivity index (χ2v) is 9.82. The van der Waals surface area contributed by atoms with E-state index >= 15 is 0 Å². The Bertz CT molecular complexity index is 1060. The molecule has 180 valence electrons. The van der Waals surface area contributed by atoms with Crippen LogP contribution in [0.25, 0.3) is 0 Å². The Morgan fingerprint density at radius 3 is 2.76 bits per heavy atom. The number of rotatable bonds is 6. The summed E-state index contributed by atoms with van der Waals surface area (Å²) in [6, 6.07) is 12.9. The number of piperazine rings is 1. The molecule has 3 aliphatic rings. The van der Waals surface area contributed by atoms with Crippen molar-refractivity contribution in [3.63, 3.8) is 0 Å². The number of ether oxygens (including phenoxy) is 1. The fourth-order valence-corrected chi connectivity index (χ4v) is 5.55. The summed E-state index contributed by atoms with van der Waals surface area (Å²) < 4.78 is 5.67. The van der Waals surface area contributed by atoms with Crippen LogP contribution in [0.15, 0.2) is 42.5 Å². The number of amides is 1. The number of nitrogens with one attached hydrogen (secondary N) is 1. The van der Waals surface area contributed by atoms with Crippen LogP contribution in [-0.2, 0) is 22.5 Å². The van der Waals surface area contributed by atoms with E-state index in [4.69, 9.17) is 16.3 Å². The second kappa shape index (κ2) is 9.90. The summed E-state index contributed by atoms with van der Waals surface area (Å²) >= 11 is 6.04. The number of carbonyl (C=O) groups excluding carboxylic acids is 1. The van der Waals surface area contributed by atoms with Crippen molar-refractivity contribution in [3.05, 3.63) is 68.7 Å². The molecule has 0 radical (unpaired) electrons. The molecule has 2 aromatic carbocycles. The number of nitrogens with zero attached hydrogens (tertiary/aromatic N) is 3. The van der Waals surface area contributed by atoms with E-state index in [2.05, 4.69) is 15.1 Å². The average molecular weight is 485 g/mol. The van der Waals surface area contributed by atoms with Crippen molar-refractivity contribution in [2.45, 2.75) is 38.0 Å². The molecule has 5 rings (SSSR count). The van der Waals surface area contributed by atoms with Crippen molar-refractivity contribution in [2.75, 3.05) is 37.7 Å². The van der Waals surface area contributed by atoms with Gasteiger partial charge in [-0.05, 0) is 48.6 Å². The van der Waals surface area contributed by atoms with Crippen LogP contribution < -0.4 is 10.2 Å². The molecule has 9 heteroatoms. The minimum absolute atomic E-state index is 0.000460. The topological polar surface area (TPSA) is 87.9 Å². The summed E-state index contributed by atoms with van der Waals surface area (Å²) in [5, 5.41) is 15.2. The fourth-order valence-electron chi connectivity index (χ4n) is 5.42. The second-order valence-electron chi connectivity index (χ2n) is 9.38. The lowest BCUT2D eigenvalue weighted by Gasteiger charge is -2.49. The highest BCUT2D eigenvalue weighted by Crippen LogP contribution is 2.38. The molecule has 2 saturated heterocycles. The molecule has 3 aliphatic heterocycles. The molecular formula is C25H29ClN4O4. The zero-order chi connectivity index (χ0) is 23.7. The van der Waals surface area contributed by atoms with Crippen molar-refractivity contribution in [1.29, 1.82) is 0 Å². The lowest BCUT2D eigenvalue weighted by molar-refractivity contribution is -0.384. The van der Waals surface area contributed by atoms with E-state index in [0.29, 0.717) is 13.0 Å². The lowest BCUT2D eigenvalue weighted by Crippen LogP contribution is -2.61. The highest BCUT2D eigenvalue weighted by atomic mass is 35.5. The number of carbonyl (C=O) groups is 1. The third kappa shape index (κ3) is 4.89. The van der Waals surface area contributed by atoms with Crippen LogP contribution in [0.4, 0.5) is 11.4 Å². The van der Waals surface area contributed by atoms with Gasteiger partial charge in [0.25, 0.3) is 5.69 Å². The number of fused-ring (bicyclic) bond motifs is 3. The average Bonchev–Trinajstić information content (AvgIpc) is 3.36. The number of anilines is 1. The van der Waals surface area contributed by atoms with Crippen LogP contribution in [0.2, 0.25) is 5.02 Å². The Labute approximate surface area is 204 Å². The predicted octanol–water partition coefficient (Wildman–Crippen LogP) is 3.41. The molecule has 3 atom stereocenters. The van der Waals surface area contributed by atoms with Gasteiger partial charge in [0.1, 0.15) is 0 Å². The maximum atomic E-state index is 13.4. The van der Waals surface area contributed by atoms with E-state index in [1.807, 2.05) is 30.3 Å². The number of hydrogen-bond donors (Lipinski definition) is 1. The summed E-state index contributed by atoms with van der Waals surface area (Å²) in [5.74, 6) is -0.292. The van der Waals surface area contributed by atoms with Gasteiger partial charge in [-0.1, -0.05) is 23.7 Å². The summed E-state index contributed by atoms with van der Waals surface area (Å²) in [6.45, 7) is 4.41. The summed E-state index contributed by atoms with van der Waals surface area (Å²) in [5.41, 5.74) is 3.12. The number of hydrogen-bond acceptors (Lipinski definition) is 6. The van der Waals surface area contributed by atoms with Crippen molar-refractivity contribution >= 4 is 28.9 Å². The van der Waals surface area contributed by atoms with Gasteiger partial charge < -0.3 is 15.0 Å². The molecule has 0 aromatic heterocycles. The monoisotopic (exact) mass is 484 g/mol. The quantitative estimate of drug-likeness (QED) is 0.499. The third-order valence-corrected chi connectivity index (χ3v) is 7.43. The number of nitro groups is 1. The number of nitro benzene ring substituents is 1. The minimum Gasteiger partial charge on any atom is -0.376 e. The highest BCUT2D eigenvalue weighted by molar-refractivity contribution is 6.30. The first kappa shape index (κ1) is 23.1. The highest BCUT2D eigenvalue weighted by Gasteiger charge is 2.42. The third-order valence-electron chi connectivity index (χ3n) is 7.17. The van der Waals surface area contributed by atoms with E-state index in [1.54, 1.807) is 12.1 Å². The van der Waals surface area contributed by atoms with Crippen molar-refractivity contribution < 1.29 is 14.5 Å². The smallest absolute Gasteiger partial charge is 0.269 e. The van der Waals surface area contributed by atoms with Gasteiger partial charge >= 0.3 is 0 Å². The molecule has 8 nitrogen and oxygen atoms in total. The normalized spacial score (nSPS) is 24.4. The van der Waals surface area contributed by atoms with Gasteiger partial charge in [0, 0.05) is 62.2 Å². The molecule has 0 spiro atoms. The molecule has 3 heterocycles. The largest absolute Gasteiger partial charge is 0.376 e. The Kier molecular flexibility index (Phi) is 6.72.